The van der Waals surface area contributed by atoms with Crippen LogP contribution in [0.3, 0.4) is 0 Å². The van der Waals surface area contributed by atoms with E-state index in [0.717, 1.165) is 27.1 Å². The average molecular weight is 380 g/mol. The minimum Gasteiger partial charge on any atom is -0.465 e. The number of thioether (sulfide) groups is 1. The van der Waals surface area contributed by atoms with E-state index >= 15 is 0 Å². The van der Waals surface area contributed by atoms with E-state index in [2.05, 4.69) is 11.4 Å². The Morgan fingerprint density at radius 2 is 1.85 bits per heavy atom. The highest BCUT2D eigenvalue weighted by molar-refractivity contribution is 8.00. The fourth-order valence-corrected chi connectivity index (χ4v) is 3.56. The third-order valence-corrected chi connectivity index (χ3v) is 5.23. The summed E-state index contributed by atoms with van der Waals surface area (Å²) in [5.74, 6) is -0.496. The fraction of sp³-hybridized carbons (Fsp3) is 0.190. The van der Waals surface area contributed by atoms with Gasteiger partial charge in [-0.1, -0.05) is 42.1 Å². The molecule has 138 valence electrons. The number of amides is 1. The van der Waals surface area contributed by atoms with Gasteiger partial charge in [-0.05, 0) is 43.2 Å². The molecule has 2 aromatic carbocycles. The molecule has 0 aliphatic heterocycles. The van der Waals surface area contributed by atoms with Gasteiger partial charge in [-0.3, -0.25) is 4.79 Å². The molecular formula is C21H20N2O3S. The van der Waals surface area contributed by atoms with Gasteiger partial charge in [0, 0.05) is 5.39 Å². The van der Waals surface area contributed by atoms with Crippen LogP contribution in [0.1, 0.15) is 21.5 Å². The van der Waals surface area contributed by atoms with Crippen molar-refractivity contribution < 1.29 is 14.3 Å². The number of hydrogen-bond acceptors (Lipinski definition) is 5. The van der Waals surface area contributed by atoms with Gasteiger partial charge in [0.25, 0.3) is 0 Å². The number of carbonyl (C=O) groups is 2. The number of para-hydroxylation sites is 2. The largest absolute Gasteiger partial charge is 0.465 e. The molecule has 0 saturated carbocycles. The highest BCUT2D eigenvalue weighted by atomic mass is 32.2. The van der Waals surface area contributed by atoms with Crippen molar-refractivity contribution >= 4 is 40.2 Å². The molecule has 1 N–H and O–H groups in total. The van der Waals surface area contributed by atoms with E-state index in [0.29, 0.717) is 11.3 Å². The SMILES string of the molecule is COC(=O)c1ccccc1NC(=O)CSc1nc2c(C)cccc2cc1C. The number of carbonyl (C=O) groups excluding carboxylic acids is 2. The van der Waals surface area contributed by atoms with Crippen LogP contribution in [-0.4, -0.2) is 29.7 Å². The number of hydrogen-bond donors (Lipinski definition) is 1. The maximum atomic E-state index is 12.4. The summed E-state index contributed by atoms with van der Waals surface area (Å²) in [6.07, 6.45) is 0. The van der Waals surface area contributed by atoms with Crippen molar-refractivity contribution in [3.05, 3.63) is 65.2 Å². The van der Waals surface area contributed by atoms with Crippen LogP contribution >= 0.6 is 11.8 Å². The fourth-order valence-electron chi connectivity index (χ4n) is 2.78. The van der Waals surface area contributed by atoms with E-state index < -0.39 is 5.97 Å². The first-order valence-electron chi connectivity index (χ1n) is 8.46. The zero-order chi connectivity index (χ0) is 19.4. The second kappa shape index (κ2) is 8.22. The number of fused-ring (bicyclic) bond motifs is 1. The summed E-state index contributed by atoms with van der Waals surface area (Å²) in [4.78, 5) is 28.9. The molecule has 5 nitrogen and oxygen atoms in total. The number of nitrogens with one attached hydrogen (secondary N) is 1. The number of aryl methyl sites for hydroxylation is 2. The molecular weight excluding hydrogens is 360 g/mol. The summed E-state index contributed by atoms with van der Waals surface area (Å²) in [6.45, 7) is 4.01. The van der Waals surface area contributed by atoms with Crippen molar-refractivity contribution in [3.8, 4) is 0 Å². The van der Waals surface area contributed by atoms with Crippen molar-refractivity contribution in [3.63, 3.8) is 0 Å². The lowest BCUT2D eigenvalue weighted by Gasteiger charge is -2.11. The summed E-state index contributed by atoms with van der Waals surface area (Å²) < 4.78 is 4.75. The molecule has 0 aliphatic rings. The molecule has 6 heteroatoms. The molecule has 3 aromatic rings. The molecule has 0 bridgehead atoms. The number of esters is 1. The monoisotopic (exact) mass is 380 g/mol. The van der Waals surface area contributed by atoms with Gasteiger partial charge in [-0.2, -0.15) is 0 Å². The zero-order valence-corrected chi connectivity index (χ0v) is 16.2. The van der Waals surface area contributed by atoms with Crippen LogP contribution < -0.4 is 5.32 Å². The molecule has 0 atom stereocenters. The highest BCUT2D eigenvalue weighted by Gasteiger charge is 2.14. The summed E-state index contributed by atoms with van der Waals surface area (Å²) in [6, 6.07) is 14.9. The Bertz CT molecular complexity index is 1020. The molecule has 1 amide bonds. The second-order valence-electron chi connectivity index (χ2n) is 6.13. The smallest absolute Gasteiger partial charge is 0.339 e. The first-order valence-corrected chi connectivity index (χ1v) is 9.45. The van der Waals surface area contributed by atoms with E-state index in [4.69, 9.17) is 9.72 Å². The Balaban J connectivity index is 1.73. The number of methoxy groups -OCH3 is 1. The molecule has 0 unspecified atom stereocenters. The Hall–Kier alpha value is -2.86. The first kappa shape index (κ1) is 18.9. The normalized spacial score (nSPS) is 10.6. The van der Waals surface area contributed by atoms with Crippen LogP contribution in [0.5, 0.6) is 0 Å². The van der Waals surface area contributed by atoms with Gasteiger partial charge in [-0.25, -0.2) is 9.78 Å². The van der Waals surface area contributed by atoms with Gasteiger partial charge in [0.05, 0.1) is 29.6 Å². The average Bonchev–Trinajstić information content (AvgIpc) is 2.66. The van der Waals surface area contributed by atoms with Crippen LogP contribution in [0.4, 0.5) is 5.69 Å². The number of pyridine rings is 1. The highest BCUT2D eigenvalue weighted by Crippen LogP contribution is 2.26. The van der Waals surface area contributed by atoms with Crippen molar-refractivity contribution in [2.45, 2.75) is 18.9 Å². The number of rotatable bonds is 5. The summed E-state index contributed by atoms with van der Waals surface area (Å²) in [7, 11) is 1.31. The molecule has 0 radical (unpaired) electrons. The van der Waals surface area contributed by atoms with Crippen molar-refractivity contribution in [2.75, 3.05) is 18.2 Å². The van der Waals surface area contributed by atoms with Crippen LogP contribution in [0.15, 0.2) is 53.6 Å². The predicted octanol–water partition coefficient (Wildman–Crippen LogP) is 4.37. The number of aromatic nitrogens is 1. The van der Waals surface area contributed by atoms with Crippen LogP contribution in [0.25, 0.3) is 10.9 Å². The number of anilines is 1. The van der Waals surface area contributed by atoms with Crippen LogP contribution in [0, 0.1) is 13.8 Å². The zero-order valence-electron chi connectivity index (χ0n) is 15.4. The quantitative estimate of drug-likeness (QED) is 0.526. The van der Waals surface area contributed by atoms with Crippen molar-refractivity contribution in [2.24, 2.45) is 0 Å². The third-order valence-electron chi connectivity index (χ3n) is 4.14. The van der Waals surface area contributed by atoms with Gasteiger partial charge in [0.2, 0.25) is 5.91 Å². The van der Waals surface area contributed by atoms with Gasteiger partial charge in [-0.15, -0.1) is 0 Å². The summed E-state index contributed by atoms with van der Waals surface area (Å²) in [5, 5.41) is 4.69. The van der Waals surface area contributed by atoms with Gasteiger partial charge in [0.15, 0.2) is 0 Å². The van der Waals surface area contributed by atoms with Crippen molar-refractivity contribution in [1.82, 2.24) is 4.98 Å². The predicted molar refractivity (Wildman–Crippen MR) is 108 cm³/mol. The standard InChI is InChI=1S/C21H20N2O3S/c1-13-7-6-8-15-11-14(2)20(23-19(13)15)27-12-18(24)22-17-10-5-4-9-16(17)21(25)26-3/h4-11H,12H2,1-3H3,(H,22,24). The summed E-state index contributed by atoms with van der Waals surface area (Å²) in [5.41, 5.74) is 3.84. The lowest BCUT2D eigenvalue weighted by molar-refractivity contribution is -0.113. The Labute approximate surface area is 162 Å². The first-order chi connectivity index (χ1) is 13.0. The lowest BCUT2D eigenvalue weighted by Crippen LogP contribution is -2.17. The van der Waals surface area contributed by atoms with Gasteiger partial charge < -0.3 is 10.1 Å². The molecule has 1 aromatic heterocycles. The molecule has 3 rings (SSSR count). The molecule has 0 fully saturated rings. The van der Waals surface area contributed by atoms with Gasteiger partial charge >= 0.3 is 5.97 Å². The Morgan fingerprint density at radius 3 is 2.63 bits per heavy atom. The van der Waals surface area contributed by atoms with Gasteiger partial charge in [0.1, 0.15) is 5.03 Å². The third kappa shape index (κ3) is 4.28. The Morgan fingerprint density at radius 1 is 1.07 bits per heavy atom. The van der Waals surface area contributed by atoms with E-state index in [-0.39, 0.29) is 11.7 Å². The molecule has 1 heterocycles. The van der Waals surface area contributed by atoms with E-state index in [1.165, 1.54) is 18.9 Å². The maximum absolute atomic E-state index is 12.4. The molecule has 0 aliphatic carbocycles. The maximum Gasteiger partial charge on any atom is 0.339 e. The molecule has 0 spiro atoms. The minimum atomic E-state index is -0.485. The van der Waals surface area contributed by atoms with E-state index in [1.807, 2.05) is 32.0 Å². The second-order valence-corrected chi connectivity index (χ2v) is 7.10. The van der Waals surface area contributed by atoms with E-state index in [9.17, 15) is 9.59 Å². The molecule has 27 heavy (non-hydrogen) atoms. The summed E-state index contributed by atoms with van der Waals surface area (Å²) >= 11 is 1.38. The van der Waals surface area contributed by atoms with Crippen LogP contribution in [0.2, 0.25) is 0 Å². The topological polar surface area (TPSA) is 68.3 Å². The number of ether oxygens (including phenoxy) is 1. The number of benzene rings is 2. The number of nitrogens with zero attached hydrogens (tertiary/aromatic N) is 1. The minimum absolute atomic E-state index is 0.195. The molecule has 0 saturated heterocycles. The van der Waals surface area contributed by atoms with Crippen molar-refractivity contribution in [1.29, 1.82) is 0 Å². The Kier molecular flexibility index (Phi) is 5.76. The van der Waals surface area contributed by atoms with E-state index in [1.54, 1.807) is 24.3 Å². The van der Waals surface area contributed by atoms with Crippen LogP contribution in [-0.2, 0) is 9.53 Å². The lowest BCUT2D eigenvalue weighted by atomic mass is 10.1.